The number of aliphatic hydroxyl groups is 1. The molecule has 3 nitrogen and oxygen atoms in total. The van der Waals surface area contributed by atoms with E-state index >= 15 is 0 Å². The first-order valence-electron chi connectivity index (χ1n) is 5.70. The fourth-order valence-corrected chi connectivity index (χ4v) is 1.84. The number of rotatable bonds is 5. The van der Waals surface area contributed by atoms with Crippen molar-refractivity contribution in [2.45, 2.75) is 45.3 Å². The summed E-state index contributed by atoms with van der Waals surface area (Å²) < 4.78 is 5.47. The topological polar surface area (TPSA) is 32.7 Å². The molecule has 1 fully saturated rings. The Morgan fingerprint density at radius 3 is 2.93 bits per heavy atom. The van der Waals surface area contributed by atoms with E-state index in [1.54, 1.807) is 0 Å². The highest BCUT2D eigenvalue weighted by molar-refractivity contribution is 4.71. The molecule has 0 spiro atoms. The van der Waals surface area contributed by atoms with Gasteiger partial charge in [0, 0.05) is 19.7 Å². The largest absolute Gasteiger partial charge is 0.392 e. The number of aliphatic hydroxyl groups excluding tert-OH is 1. The van der Waals surface area contributed by atoms with Crippen molar-refractivity contribution in [1.29, 1.82) is 0 Å². The highest BCUT2D eigenvalue weighted by Gasteiger charge is 2.16. The number of piperidine rings is 1. The van der Waals surface area contributed by atoms with Gasteiger partial charge in [-0.15, -0.1) is 0 Å². The van der Waals surface area contributed by atoms with Crippen LogP contribution in [0.1, 0.15) is 33.1 Å². The Labute approximate surface area is 87.1 Å². The average molecular weight is 201 g/mol. The Hall–Kier alpha value is -0.120. The zero-order valence-corrected chi connectivity index (χ0v) is 9.41. The molecule has 0 amide bonds. The van der Waals surface area contributed by atoms with Crippen LogP contribution in [-0.4, -0.2) is 48.5 Å². The maximum atomic E-state index is 9.45. The molecule has 0 radical (unpaired) electrons. The van der Waals surface area contributed by atoms with Crippen molar-refractivity contribution in [3.05, 3.63) is 0 Å². The molecule has 3 heteroatoms. The maximum Gasteiger partial charge on any atom is 0.0667 e. The zero-order valence-electron chi connectivity index (χ0n) is 9.41. The third-order valence-electron chi connectivity index (χ3n) is 2.55. The summed E-state index contributed by atoms with van der Waals surface area (Å²) in [6.45, 7) is 8.00. The van der Waals surface area contributed by atoms with E-state index in [0.29, 0.717) is 6.10 Å². The Morgan fingerprint density at radius 2 is 2.29 bits per heavy atom. The summed E-state index contributed by atoms with van der Waals surface area (Å²) in [5.74, 6) is 0. The van der Waals surface area contributed by atoms with Gasteiger partial charge in [0.2, 0.25) is 0 Å². The van der Waals surface area contributed by atoms with Gasteiger partial charge in [0.05, 0.1) is 12.2 Å². The lowest BCUT2D eigenvalue weighted by Crippen LogP contribution is -2.39. The fraction of sp³-hybridized carbons (Fsp3) is 1.00. The van der Waals surface area contributed by atoms with E-state index in [0.717, 1.165) is 45.5 Å². The van der Waals surface area contributed by atoms with Gasteiger partial charge < -0.3 is 14.7 Å². The molecule has 1 aliphatic rings. The van der Waals surface area contributed by atoms with Crippen LogP contribution in [0, 0.1) is 0 Å². The Morgan fingerprint density at radius 1 is 1.50 bits per heavy atom. The van der Waals surface area contributed by atoms with Gasteiger partial charge in [-0.25, -0.2) is 0 Å². The number of likely N-dealkylation sites (tertiary alicyclic amines) is 1. The van der Waals surface area contributed by atoms with E-state index in [2.05, 4.69) is 18.7 Å². The number of β-amino-alcohol motifs (C(OH)–C–C–N with tert-alkyl or cyclic N) is 1. The quantitative estimate of drug-likeness (QED) is 0.680. The van der Waals surface area contributed by atoms with E-state index in [9.17, 15) is 5.11 Å². The summed E-state index contributed by atoms with van der Waals surface area (Å²) in [6.07, 6.45) is 3.41. The molecular formula is C11H23NO2. The molecule has 1 heterocycles. The molecule has 0 aromatic carbocycles. The van der Waals surface area contributed by atoms with Gasteiger partial charge in [-0.05, 0) is 39.7 Å². The summed E-state index contributed by atoms with van der Waals surface area (Å²) in [7, 11) is 0. The summed E-state index contributed by atoms with van der Waals surface area (Å²) in [5, 5.41) is 9.45. The predicted molar refractivity (Wildman–Crippen MR) is 57.4 cm³/mol. The molecule has 1 aliphatic heterocycles. The van der Waals surface area contributed by atoms with Gasteiger partial charge in [0.15, 0.2) is 0 Å². The molecule has 0 aromatic rings. The van der Waals surface area contributed by atoms with Crippen LogP contribution in [0.15, 0.2) is 0 Å². The second-order valence-corrected chi connectivity index (χ2v) is 4.37. The molecule has 0 saturated carbocycles. The Balaban J connectivity index is 2.00. The monoisotopic (exact) mass is 201 g/mol. The molecule has 0 bridgehead atoms. The van der Waals surface area contributed by atoms with Crippen LogP contribution in [0.2, 0.25) is 0 Å². The molecule has 14 heavy (non-hydrogen) atoms. The molecule has 1 N–H and O–H groups in total. The molecule has 0 aliphatic carbocycles. The van der Waals surface area contributed by atoms with Gasteiger partial charge in [0.25, 0.3) is 0 Å². The molecular weight excluding hydrogens is 178 g/mol. The lowest BCUT2D eigenvalue weighted by Gasteiger charge is -2.29. The summed E-state index contributed by atoms with van der Waals surface area (Å²) in [6, 6.07) is 0. The normalized spacial score (nSPS) is 24.4. The molecule has 84 valence electrons. The highest BCUT2D eigenvalue weighted by Crippen LogP contribution is 2.09. The van der Waals surface area contributed by atoms with Crippen molar-refractivity contribution in [3.8, 4) is 0 Å². The van der Waals surface area contributed by atoms with Crippen LogP contribution < -0.4 is 0 Å². The third-order valence-corrected chi connectivity index (χ3v) is 2.55. The second-order valence-electron chi connectivity index (χ2n) is 4.37. The van der Waals surface area contributed by atoms with Crippen molar-refractivity contribution in [2.24, 2.45) is 0 Å². The molecule has 0 unspecified atom stereocenters. The molecule has 0 aromatic heterocycles. The highest BCUT2D eigenvalue weighted by atomic mass is 16.5. The summed E-state index contributed by atoms with van der Waals surface area (Å²) in [4.78, 5) is 2.33. The van der Waals surface area contributed by atoms with Crippen LogP contribution in [0.25, 0.3) is 0 Å². The first-order valence-corrected chi connectivity index (χ1v) is 5.70. The average Bonchev–Trinajstić information content (AvgIpc) is 2.12. The number of hydrogen-bond donors (Lipinski definition) is 1. The van der Waals surface area contributed by atoms with Gasteiger partial charge in [0.1, 0.15) is 0 Å². The molecule has 1 atom stereocenters. The molecule has 1 rings (SSSR count). The lowest BCUT2D eigenvalue weighted by atomic mass is 10.1. The minimum absolute atomic E-state index is 0.102. The van der Waals surface area contributed by atoms with Crippen molar-refractivity contribution >= 4 is 0 Å². The van der Waals surface area contributed by atoms with Crippen LogP contribution in [0.5, 0.6) is 0 Å². The van der Waals surface area contributed by atoms with E-state index in [4.69, 9.17) is 4.74 Å². The fourth-order valence-electron chi connectivity index (χ4n) is 1.84. The van der Waals surface area contributed by atoms with Crippen LogP contribution in [0.4, 0.5) is 0 Å². The third kappa shape index (κ3) is 4.94. The zero-order chi connectivity index (χ0) is 10.4. The Bertz CT molecular complexity index is 150. The van der Waals surface area contributed by atoms with Gasteiger partial charge in [-0.1, -0.05) is 0 Å². The minimum atomic E-state index is -0.102. The van der Waals surface area contributed by atoms with Crippen LogP contribution in [-0.2, 0) is 4.74 Å². The minimum Gasteiger partial charge on any atom is -0.392 e. The maximum absolute atomic E-state index is 9.45. The Kier molecular flexibility index (Phi) is 5.45. The summed E-state index contributed by atoms with van der Waals surface area (Å²) in [5.41, 5.74) is 0. The number of nitrogens with zero attached hydrogens (tertiary/aromatic N) is 1. The van der Waals surface area contributed by atoms with Crippen LogP contribution in [0.3, 0.4) is 0 Å². The van der Waals surface area contributed by atoms with Gasteiger partial charge in [-0.2, -0.15) is 0 Å². The van der Waals surface area contributed by atoms with E-state index in [1.807, 2.05) is 0 Å². The van der Waals surface area contributed by atoms with Gasteiger partial charge in [-0.3, -0.25) is 0 Å². The van der Waals surface area contributed by atoms with Crippen molar-refractivity contribution in [1.82, 2.24) is 4.90 Å². The van der Waals surface area contributed by atoms with Gasteiger partial charge >= 0.3 is 0 Å². The van der Waals surface area contributed by atoms with Crippen LogP contribution >= 0.6 is 0 Å². The van der Waals surface area contributed by atoms with Crippen molar-refractivity contribution < 1.29 is 9.84 Å². The second kappa shape index (κ2) is 6.38. The molecule has 1 saturated heterocycles. The van der Waals surface area contributed by atoms with Crippen molar-refractivity contribution in [3.63, 3.8) is 0 Å². The summed E-state index contributed by atoms with van der Waals surface area (Å²) >= 11 is 0. The standard InChI is InChI=1S/C11H23NO2/c1-10(2)14-8-4-7-12-6-3-5-11(13)9-12/h10-11,13H,3-9H2,1-2H3/t11-/m0/s1. The van der Waals surface area contributed by atoms with E-state index in [1.165, 1.54) is 0 Å². The smallest absolute Gasteiger partial charge is 0.0667 e. The first-order chi connectivity index (χ1) is 6.68. The first kappa shape index (κ1) is 12.0. The SMILES string of the molecule is CC(C)OCCCN1CCC[C@H](O)C1. The van der Waals surface area contributed by atoms with Crippen molar-refractivity contribution in [2.75, 3.05) is 26.2 Å². The number of ether oxygens (including phenoxy) is 1. The predicted octanol–water partition coefficient (Wildman–Crippen LogP) is 1.26. The van der Waals surface area contributed by atoms with E-state index < -0.39 is 0 Å². The lowest BCUT2D eigenvalue weighted by molar-refractivity contribution is 0.0480. The van der Waals surface area contributed by atoms with E-state index in [-0.39, 0.29) is 6.10 Å². The number of hydrogen-bond acceptors (Lipinski definition) is 3.